The van der Waals surface area contributed by atoms with Crippen molar-refractivity contribution >= 4 is 34.2 Å². The number of benzene rings is 1. The number of nitrogens with one attached hydrogen (secondary N) is 1. The van der Waals surface area contributed by atoms with Gasteiger partial charge in [-0.2, -0.15) is 0 Å². The standard InChI is InChI=1S/C16H13ClN2O2/c1-9-3-4-13-11(5-9)7-14(21-13)16(20)19-12-6-10(2)8-18-15(12)17/h3-8H,1-2H3,(H,19,20). The number of halogens is 1. The molecule has 3 aromatic rings. The van der Waals surface area contributed by atoms with Crippen LogP contribution in [-0.2, 0) is 0 Å². The summed E-state index contributed by atoms with van der Waals surface area (Å²) in [5, 5.41) is 3.86. The number of hydrogen-bond donors (Lipinski definition) is 1. The van der Waals surface area contributed by atoms with Gasteiger partial charge in [-0.3, -0.25) is 4.79 Å². The minimum atomic E-state index is -0.349. The van der Waals surface area contributed by atoms with Crippen molar-refractivity contribution in [2.75, 3.05) is 5.32 Å². The van der Waals surface area contributed by atoms with E-state index in [1.54, 1.807) is 18.3 Å². The molecule has 0 aliphatic carbocycles. The molecule has 0 fully saturated rings. The summed E-state index contributed by atoms with van der Waals surface area (Å²) in [5.74, 6) is -0.105. The Morgan fingerprint density at radius 3 is 2.81 bits per heavy atom. The molecule has 0 unspecified atom stereocenters. The summed E-state index contributed by atoms with van der Waals surface area (Å²) in [6, 6.07) is 9.24. The van der Waals surface area contributed by atoms with Gasteiger partial charge >= 0.3 is 0 Å². The van der Waals surface area contributed by atoms with Crippen molar-refractivity contribution in [3.05, 3.63) is 58.6 Å². The van der Waals surface area contributed by atoms with Gasteiger partial charge in [-0.25, -0.2) is 4.98 Å². The molecule has 4 nitrogen and oxygen atoms in total. The summed E-state index contributed by atoms with van der Waals surface area (Å²) in [6.45, 7) is 3.87. The highest BCUT2D eigenvalue weighted by molar-refractivity contribution is 6.32. The molecule has 0 atom stereocenters. The Hall–Kier alpha value is -2.33. The molecule has 0 bridgehead atoms. The van der Waals surface area contributed by atoms with E-state index in [2.05, 4.69) is 10.3 Å². The monoisotopic (exact) mass is 300 g/mol. The van der Waals surface area contributed by atoms with Crippen molar-refractivity contribution in [1.82, 2.24) is 4.98 Å². The molecule has 21 heavy (non-hydrogen) atoms. The number of aromatic nitrogens is 1. The van der Waals surface area contributed by atoms with Gasteiger partial charge in [-0.1, -0.05) is 23.2 Å². The van der Waals surface area contributed by atoms with Crippen LogP contribution in [0.2, 0.25) is 5.15 Å². The number of furan rings is 1. The molecular formula is C16H13ClN2O2. The van der Waals surface area contributed by atoms with Gasteiger partial charge in [0.15, 0.2) is 10.9 Å². The minimum absolute atomic E-state index is 0.244. The Morgan fingerprint density at radius 1 is 1.19 bits per heavy atom. The van der Waals surface area contributed by atoms with Crippen LogP contribution < -0.4 is 5.32 Å². The Balaban J connectivity index is 1.91. The van der Waals surface area contributed by atoms with Crippen LogP contribution in [0.1, 0.15) is 21.7 Å². The van der Waals surface area contributed by atoms with Gasteiger partial charge in [-0.15, -0.1) is 0 Å². The Morgan fingerprint density at radius 2 is 2.00 bits per heavy atom. The highest BCUT2D eigenvalue weighted by Gasteiger charge is 2.14. The number of aryl methyl sites for hydroxylation is 2. The molecule has 2 heterocycles. The SMILES string of the molecule is Cc1cnc(Cl)c(NC(=O)c2cc3cc(C)ccc3o2)c1. The van der Waals surface area contributed by atoms with Crippen LogP contribution in [-0.4, -0.2) is 10.9 Å². The van der Waals surface area contributed by atoms with Crippen molar-refractivity contribution < 1.29 is 9.21 Å². The third kappa shape index (κ3) is 2.76. The maximum atomic E-state index is 12.2. The summed E-state index contributed by atoms with van der Waals surface area (Å²) < 4.78 is 5.55. The molecule has 3 rings (SSSR count). The van der Waals surface area contributed by atoms with Gasteiger partial charge in [0.05, 0.1) is 5.69 Å². The van der Waals surface area contributed by atoms with E-state index in [4.69, 9.17) is 16.0 Å². The zero-order valence-electron chi connectivity index (χ0n) is 11.6. The molecule has 106 valence electrons. The van der Waals surface area contributed by atoms with E-state index in [0.29, 0.717) is 11.3 Å². The summed E-state index contributed by atoms with van der Waals surface area (Å²) in [7, 11) is 0. The molecule has 0 aliphatic heterocycles. The Bertz CT molecular complexity index is 839. The van der Waals surface area contributed by atoms with Gasteiger partial charge in [0.1, 0.15) is 5.58 Å². The van der Waals surface area contributed by atoms with Crippen LogP contribution >= 0.6 is 11.6 Å². The van der Waals surface area contributed by atoms with Crippen LogP contribution in [0.3, 0.4) is 0 Å². The van der Waals surface area contributed by atoms with Gasteiger partial charge in [0, 0.05) is 11.6 Å². The quantitative estimate of drug-likeness (QED) is 0.716. The second kappa shape index (κ2) is 5.22. The van der Waals surface area contributed by atoms with Gasteiger partial charge < -0.3 is 9.73 Å². The lowest BCUT2D eigenvalue weighted by molar-refractivity contribution is 0.0998. The molecule has 1 aromatic carbocycles. The van der Waals surface area contributed by atoms with E-state index in [9.17, 15) is 4.79 Å². The fourth-order valence-corrected chi connectivity index (χ4v) is 2.25. The van der Waals surface area contributed by atoms with E-state index in [1.807, 2.05) is 32.0 Å². The second-order valence-electron chi connectivity index (χ2n) is 4.96. The average molecular weight is 301 g/mol. The Kier molecular flexibility index (Phi) is 3.39. The van der Waals surface area contributed by atoms with E-state index >= 15 is 0 Å². The zero-order valence-corrected chi connectivity index (χ0v) is 12.4. The van der Waals surface area contributed by atoms with Crippen molar-refractivity contribution in [3.63, 3.8) is 0 Å². The lowest BCUT2D eigenvalue weighted by Gasteiger charge is -2.05. The minimum Gasteiger partial charge on any atom is -0.451 e. The maximum absolute atomic E-state index is 12.2. The van der Waals surface area contributed by atoms with Gasteiger partial charge in [0.25, 0.3) is 5.91 Å². The molecule has 1 amide bonds. The number of nitrogens with zero attached hydrogens (tertiary/aromatic N) is 1. The highest BCUT2D eigenvalue weighted by atomic mass is 35.5. The predicted octanol–water partition coefficient (Wildman–Crippen LogP) is 4.35. The number of carbonyl (C=O) groups excluding carboxylic acids is 1. The van der Waals surface area contributed by atoms with Crippen molar-refractivity contribution in [3.8, 4) is 0 Å². The van der Waals surface area contributed by atoms with Crippen molar-refractivity contribution in [2.45, 2.75) is 13.8 Å². The van der Waals surface area contributed by atoms with Crippen LogP contribution in [0.15, 0.2) is 40.9 Å². The number of carbonyl (C=O) groups is 1. The van der Waals surface area contributed by atoms with Gasteiger partial charge in [-0.05, 0) is 43.7 Å². The maximum Gasteiger partial charge on any atom is 0.291 e. The Labute approximate surface area is 126 Å². The number of pyridine rings is 1. The predicted molar refractivity (Wildman–Crippen MR) is 82.9 cm³/mol. The molecular weight excluding hydrogens is 288 g/mol. The van der Waals surface area contributed by atoms with Gasteiger partial charge in [0.2, 0.25) is 0 Å². The number of rotatable bonds is 2. The van der Waals surface area contributed by atoms with E-state index < -0.39 is 0 Å². The fraction of sp³-hybridized carbons (Fsp3) is 0.125. The third-order valence-corrected chi connectivity index (χ3v) is 3.42. The molecule has 0 aliphatic rings. The van der Waals surface area contributed by atoms with E-state index in [0.717, 1.165) is 16.5 Å². The number of amides is 1. The molecule has 0 spiro atoms. The second-order valence-corrected chi connectivity index (χ2v) is 5.32. The molecule has 1 N–H and O–H groups in total. The number of fused-ring (bicyclic) bond motifs is 1. The molecule has 0 radical (unpaired) electrons. The molecule has 5 heteroatoms. The topological polar surface area (TPSA) is 55.1 Å². The van der Waals surface area contributed by atoms with Crippen LogP contribution in [0.5, 0.6) is 0 Å². The zero-order chi connectivity index (χ0) is 15.0. The summed E-state index contributed by atoms with van der Waals surface area (Å²) in [4.78, 5) is 16.2. The summed E-state index contributed by atoms with van der Waals surface area (Å²) in [6.07, 6.45) is 1.64. The van der Waals surface area contributed by atoms with Crippen molar-refractivity contribution in [1.29, 1.82) is 0 Å². The number of hydrogen-bond acceptors (Lipinski definition) is 3. The lowest BCUT2D eigenvalue weighted by Crippen LogP contribution is -2.11. The molecule has 2 aromatic heterocycles. The highest BCUT2D eigenvalue weighted by Crippen LogP contribution is 2.24. The summed E-state index contributed by atoms with van der Waals surface area (Å²) in [5.41, 5.74) is 3.17. The third-order valence-electron chi connectivity index (χ3n) is 3.12. The average Bonchev–Trinajstić information content (AvgIpc) is 2.86. The molecule has 0 saturated heterocycles. The van der Waals surface area contributed by atoms with E-state index in [-0.39, 0.29) is 16.8 Å². The van der Waals surface area contributed by atoms with Crippen molar-refractivity contribution in [2.24, 2.45) is 0 Å². The normalized spacial score (nSPS) is 10.8. The lowest BCUT2D eigenvalue weighted by atomic mass is 10.2. The first kappa shape index (κ1) is 13.6. The van der Waals surface area contributed by atoms with E-state index in [1.165, 1.54) is 0 Å². The van der Waals surface area contributed by atoms with Crippen LogP contribution in [0.25, 0.3) is 11.0 Å². The first-order valence-electron chi connectivity index (χ1n) is 6.46. The summed E-state index contributed by atoms with van der Waals surface area (Å²) >= 11 is 5.97. The number of anilines is 1. The first-order chi connectivity index (χ1) is 10.0. The largest absolute Gasteiger partial charge is 0.451 e. The fourth-order valence-electron chi connectivity index (χ4n) is 2.10. The first-order valence-corrected chi connectivity index (χ1v) is 6.84. The van der Waals surface area contributed by atoms with Crippen LogP contribution in [0.4, 0.5) is 5.69 Å². The molecule has 0 saturated carbocycles. The van der Waals surface area contributed by atoms with Crippen LogP contribution in [0, 0.1) is 13.8 Å². The smallest absolute Gasteiger partial charge is 0.291 e.